The zero-order chi connectivity index (χ0) is 16.1. The van der Waals surface area contributed by atoms with Crippen molar-refractivity contribution in [2.24, 2.45) is 0 Å². The largest absolute Gasteiger partial charge is 0.452 e. The summed E-state index contributed by atoms with van der Waals surface area (Å²) in [6.07, 6.45) is -4.44. The van der Waals surface area contributed by atoms with Crippen molar-refractivity contribution >= 4 is 26.0 Å². The number of hydrogen-bond donors (Lipinski definition) is 2. The Morgan fingerprint density at radius 1 is 1.43 bits per heavy atom. The molecule has 0 atom stereocenters. The number of alkyl halides is 3. The van der Waals surface area contributed by atoms with E-state index in [1.807, 2.05) is 0 Å². The monoisotopic (exact) mass is 394 g/mol. The molecule has 6 nitrogen and oxygen atoms in total. The molecule has 0 aromatic carbocycles. The van der Waals surface area contributed by atoms with Crippen molar-refractivity contribution in [1.29, 1.82) is 0 Å². The van der Waals surface area contributed by atoms with E-state index < -0.39 is 29.4 Å². The Morgan fingerprint density at radius 3 is 2.67 bits per heavy atom. The summed E-state index contributed by atoms with van der Waals surface area (Å²) >= 11 is 2.98. The lowest BCUT2D eigenvalue weighted by atomic mass is 10.4. The van der Waals surface area contributed by atoms with Gasteiger partial charge in [-0.2, -0.15) is 13.2 Å². The van der Waals surface area contributed by atoms with E-state index in [-0.39, 0.29) is 16.1 Å². The summed E-state index contributed by atoms with van der Waals surface area (Å²) in [5.74, 6) is 0.401. The van der Waals surface area contributed by atoms with Crippen molar-refractivity contribution in [2.75, 3.05) is 26.8 Å². The fourth-order valence-electron chi connectivity index (χ4n) is 1.36. The van der Waals surface area contributed by atoms with Gasteiger partial charge in [-0.25, -0.2) is 13.1 Å². The summed E-state index contributed by atoms with van der Waals surface area (Å²) in [4.78, 5) is -0.122. The molecule has 0 fully saturated rings. The van der Waals surface area contributed by atoms with Gasteiger partial charge in [0.25, 0.3) is 0 Å². The van der Waals surface area contributed by atoms with Crippen molar-refractivity contribution < 1.29 is 30.7 Å². The third-order valence-electron chi connectivity index (χ3n) is 2.15. The van der Waals surface area contributed by atoms with Crippen LogP contribution in [0.15, 0.2) is 20.0 Å². The lowest BCUT2D eigenvalue weighted by Gasteiger charge is -2.08. The van der Waals surface area contributed by atoms with Crippen LogP contribution in [0.25, 0.3) is 0 Å². The average molecular weight is 395 g/mol. The molecule has 11 heteroatoms. The van der Waals surface area contributed by atoms with Crippen LogP contribution in [0.1, 0.15) is 5.76 Å². The second-order valence-electron chi connectivity index (χ2n) is 3.95. The molecule has 0 aliphatic heterocycles. The van der Waals surface area contributed by atoms with Gasteiger partial charge in [0.15, 0.2) is 4.67 Å². The predicted molar refractivity (Wildman–Crippen MR) is 71.2 cm³/mol. The van der Waals surface area contributed by atoms with Crippen molar-refractivity contribution in [1.82, 2.24) is 10.0 Å². The molecule has 0 bridgehead atoms. The Balaban J connectivity index is 2.54. The van der Waals surface area contributed by atoms with Crippen LogP contribution in [-0.2, 0) is 21.3 Å². The molecule has 0 unspecified atom stereocenters. The molecule has 21 heavy (non-hydrogen) atoms. The van der Waals surface area contributed by atoms with Gasteiger partial charge >= 0.3 is 6.18 Å². The number of ether oxygens (including phenoxy) is 1. The molecule has 122 valence electrons. The van der Waals surface area contributed by atoms with Gasteiger partial charge in [0.1, 0.15) is 17.3 Å². The highest BCUT2D eigenvalue weighted by molar-refractivity contribution is 9.10. The average Bonchev–Trinajstić information content (AvgIpc) is 2.69. The highest BCUT2D eigenvalue weighted by Gasteiger charge is 2.27. The first kappa shape index (κ1) is 18.4. The lowest BCUT2D eigenvalue weighted by Crippen LogP contribution is -2.29. The second-order valence-corrected chi connectivity index (χ2v) is 6.40. The maximum absolute atomic E-state index is 11.9. The Kier molecular flexibility index (Phi) is 6.66. The van der Waals surface area contributed by atoms with Gasteiger partial charge in [-0.3, -0.25) is 0 Å². The van der Waals surface area contributed by atoms with E-state index in [1.54, 1.807) is 7.05 Å². The highest BCUT2D eigenvalue weighted by Crippen LogP contribution is 2.25. The molecule has 1 aromatic rings. The summed E-state index contributed by atoms with van der Waals surface area (Å²) in [6.45, 7) is -1.76. The van der Waals surface area contributed by atoms with E-state index in [1.165, 1.54) is 6.07 Å². The number of hydrogen-bond acceptors (Lipinski definition) is 5. The van der Waals surface area contributed by atoms with E-state index in [4.69, 9.17) is 4.42 Å². The Hall–Kier alpha value is -0.620. The lowest BCUT2D eigenvalue weighted by molar-refractivity contribution is -0.173. The highest BCUT2D eigenvalue weighted by atomic mass is 79.9. The van der Waals surface area contributed by atoms with Crippen LogP contribution in [0.3, 0.4) is 0 Å². The number of furan rings is 1. The van der Waals surface area contributed by atoms with E-state index in [9.17, 15) is 21.6 Å². The Labute approximate surface area is 128 Å². The number of sulfonamides is 1. The second kappa shape index (κ2) is 7.58. The van der Waals surface area contributed by atoms with E-state index >= 15 is 0 Å². The minimum absolute atomic E-state index is 0.0245. The predicted octanol–water partition coefficient (Wildman–Crippen LogP) is 1.62. The van der Waals surface area contributed by atoms with Crippen LogP contribution in [0.5, 0.6) is 0 Å². The standard InChI is InChI=1S/C10H14BrF3N2O4S/c1-15-5-7-4-8(9(11)20-7)21(17,18)16-2-3-19-6-10(12,13)14/h4,15-16H,2-3,5-6H2,1H3. The zero-order valence-corrected chi connectivity index (χ0v) is 13.4. The molecule has 2 N–H and O–H groups in total. The van der Waals surface area contributed by atoms with E-state index in [0.717, 1.165) is 0 Å². The van der Waals surface area contributed by atoms with Gasteiger partial charge in [-0.15, -0.1) is 0 Å². The summed E-state index contributed by atoms with van der Waals surface area (Å²) in [6, 6.07) is 1.32. The van der Waals surface area contributed by atoms with Crippen molar-refractivity contribution in [3.63, 3.8) is 0 Å². The summed E-state index contributed by atoms with van der Waals surface area (Å²) in [5, 5.41) is 2.79. The fourth-order valence-corrected chi connectivity index (χ4v) is 3.37. The van der Waals surface area contributed by atoms with E-state index in [2.05, 4.69) is 30.7 Å². The molecule has 1 rings (SSSR count). The molecule has 0 spiro atoms. The summed E-state index contributed by atoms with van der Waals surface area (Å²) in [7, 11) is -2.22. The first-order valence-corrected chi connectivity index (χ1v) is 8.00. The Bertz CT molecular complexity index is 559. The van der Waals surface area contributed by atoms with Crippen LogP contribution < -0.4 is 10.0 Å². The molecule has 0 saturated heterocycles. The zero-order valence-electron chi connectivity index (χ0n) is 11.0. The molecular weight excluding hydrogens is 381 g/mol. The van der Waals surface area contributed by atoms with Crippen LogP contribution >= 0.6 is 15.9 Å². The van der Waals surface area contributed by atoms with Crippen LogP contribution in [-0.4, -0.2) is 41.4 Å². The van der Waals surface area contributed by atoms with Gasteiger partial charge in [0.2, 0.25) is 10.0 Å². The summed E-state index contributed by atoms with van der Waals surface area (Å²) in [5.41, 5.74) is 0. The molecule has 0 radical (unpaired) electrons. The third-order valence-corrected chi connectivity index (χ3v) is 4.47. The van der Waals surface area contributed by atoms with Crippen LogP contribution in [0.4, 0.5) is 13.2 Å². The number of halogens is 4. The minimum Gasteiger partial charge on any atom is -0.452 e. The third kappa shape index (κ3) is 6.34. The van der Waals surface area contributed by atoms with Gasteiger partial charge in [-0.05, 0) is 23.0 Å². The number of rotatable bonds is 8. The molecule has 0 amide bonds. The van der Waals surface area contributed by atoms with Gasteiger partial charge in [0, 0.05) is 12.6 Å². The maximum atomic E-state index is 11.9. The molecule has 1 heterocycles. The topological polar surface area (TPSA) is 80.6 Å². The van der Waals surface area contributed by atoms with Crippen LogP contribution in [0, 0.1) is 0 Å². The van der Waals surface area contributed by atoms with Gasteiger partial charge in [-0.1, -0.05) is 0 Å². The fraction of sp³-hybridized carbons (Fsp3) is 0.600. The SMILES string of the molecule is CNCc1cc(S(=O)(=O)NCCOCC(F)(F)F)c(Br)o1. The normalized spacial score (nSPS) is 12.8. The molecule has 1 aromatic heterocycles. The van der Waals surface area contributed by atoms with E-state index in [0.29, 0.717) is 12.3 Å². The molecule has 0 aliphatic rings. The molecule has 0 aliphatic carbocycles. The van der Waals surface area contributed by atoms with Crippen molar-refractivity contribution in [2.45, 2.75) is 17.6 Å². The first-order chi connectivity index (χ1) is 9.65. The van der Waals surface area contributed by atoms with Crippen LogP contribution in [0.2, 0.25) is 0 Å². The summed E-state index contributed by atoms with van der Waals surface area (Å²) < 4.78 is 71.0. The maximum Gasteiger partial charge on any atom is 0.411 e. The minimum atomic E-state index is -4.44. The van der Waals surface area contributed by atoms with Crippen molar-refractivity contribution in [3.8, 4) is 0 Å². The first-order valence-electron chi connectivity index (χ1n) is 5.72. The quantitative estimate of drug-likeness (QED) is 0.654. The Morgan fingerprint density at radius 2 is 2.10 bits per heavy atom. The molecular formula is C10H14BrF3N2O4S. The van der Waals surface area contributed by atoms with Gasteiger partial charge < -0.3 is 14.5 Å². The molecule has 0 saturated carbocycles. The van der Waals surface area contributed by atoms with Crippen molar-refractivity contribution in [3.05, 3.63) is 16.5 Å². The van der Waals surface area contributed by atoms with Gasteiger partial charge in [0.05, 0.1) is 13.2 Å². The number of nitrogens with one attached hydrogen (secondary N) is 2. The smallest absolute Gasteiger partial charge is 0.411 e.